The maximum atomic E-state index is 5.43. The Kier molecular flexibility index (Phi) is 0.906. The van der Waals surface area contributed by atoms with Crippen molar-refractivity contribution < 1.29 is 0 Å². The van der Waals surface area contributed by atoms with Crippen molar-refractivity contribution in [3.63, 3.8) is 0 Å². The first-order valence-electron chi connectivity index (χ1n) is 2.21. The minimum atomic E-state index is -0.0139. The van der Waals surface area contributed by atoms with Crippen LogP contribution in [0.15, 0.2) is 12.4 Å². The zero-order chi connectivity index (χ0) is 5.28. The molecule has 0 radical (unpaired) electrons. The van der Waals surface area contributed by atoms with E-state index >= 15 is 0 Å². The molecular formula is C4H9N3. The van der Waals surface area contributed by atoms with Crippen LogP contribution in [0.4, 0.5) is 0 Å². The number of nitrogens with two attached hydrogens (primary N) is 1. The third-order valence-corrected chi connectivity index (χ3v) is 1.02. The second-order valence-corrected chi connectivity index (χ2v) is 1.59. The standard InChI is InChI=1S/C4H9N3/c1-7-3-2-6-4(7)5/h2-4,6H,5H2,1H3. The summed E-state index contributed by atoms with van der Waals surface area (Å²) in [5, 5.41) is 2.89. The molecule has 1 heterocycles. The average Bonchev–Trinajstić information content (AvgIpc) is 1.91. The SMILES string of the molecule is CN1C=CNC1N. The highest BCUT2D eigenvalue weighted by atomic mass is 15.3. The fourth-order valence-electron chi connectivity index (χ4n) is 0.469. The molecule has 0 aromatic heterocycles. The molecule has 3 nitrogen and oxygen atoms in total. The predicted octanol–water partition coefficient (Wildman–Crippen LogP) is -0.765. The monoisotopic (exact) mass is 99.1 g/mol. The Hall–Kier alpha value is -0.700. The highest BCUT2D eigenvalue weighted by Crippen LogP contribution is 1.91. The summed E-state index contributed by atoms with van der Waals surface area (Å²) < 4.78 is 0. The number of hydrogen-bond donors (Lipinski definition) is 2. The largest absolute Gasteiger partial charge is 0.358 e. The summed E-state index contributed by atoms with van der Waals surface area (Å²) in [7, 11) is 1.92. The molecule has 1 unspecified atom stereocenters. The molecule has 40 valence electrons. The summed E-state index contributed by atoms with van der Waals surface area (Å²) >= 11 is 0. The van der Waals surface area contributed by atoms with Crippen molar-refractivity contribution >= 4 is 0 Å². The van der Waals surface area contributed by atoms with Gasteiger partial charge in [-0.3, -0.25) is 5.73 Å². The van der Waals surface area contributed by atoms with Crippen LogP contribution in [0.5, 0.6) is 0 Å². The van der Waals surface area contributed by atoms with Crippen LogP contribution in [-0.2, 0) is 0 Å². The lowest BCUT2D eigenvalue weighted by Gasteiger charge is -2.14. The minimum absolute atomic E-state index is 0.0139. The lowest BCUT2D eigenvalue weighted by Crippen LogP contribution is -2.40. The Labute approximate surface area is 42.8 Å². The van der Waals surface area contributed by atoms with Gasteiger partial charge in [-0.05, 0) is 0 Å². The quantitative estimate of drug-likeness (QED) is 0.419. The van der Waals surface area contributed by atoms with Gasteiger partial charge in [0.2, 0.25) is 0 Å². The topological polar surface area (TPSA) is 41.3 Å². The first-order valence-corrected chi connectivity index (χ1v) is 2.21. The van der Waals surface area contributed by atoms with E-state index in [-0.39, 0.29) is 6.29 Å². The summed E-state index contributed by atoms with van der Waals surface area (Å²) in [6.45, 7) is 0. The first-order chi connectivity index (χ1) is 3.30. The highest BCUT2D eigenvalue weighted by Gasteiger charge is 2.05. The molecule has 7 heavy (non-hydrogen) atoms. The normalized spacial score (nSPS) is 28.3. The Morgan fingerprint density at radius 3 is 2.71 bits per heavy atom. The maximum Gasteiger partial charge on any atom is 0.151 e. The molecule has 1 atom stereocenters. The second-order valence-electron chi connectivity index (χ2n) is 1.59. The molecule has 1 rings (SSSR count). The number of nitrogens with zero attached hydrogens (tertiary/aromatic N) is 1. The molecule has 0 aromatic rings. The van der Waals surface area contributed by atoms with Gasteiger partial charge in [-0.2, -0.15) is 0 Å². The van der Waals surface area contributed by atoms with Gasteiger partial charge in [0.15, 0.2) is 6.29 Å². The highest BCUT2D eigenvalue weighted by molar-refractivity contribution is 4.89. The molecule has 0 aliphatic carbocycles. The van der Waals surface area contributed by atoms with Gasteiger partial charge in [-0.1, -0.05) is 0 Å². The van der Waals surface area contributed by atoms with E-state index in [1.165, 1.54) is 0 Å². The fourth-order valence-corrected chi connectivity index (χ4v) is 0.469. The lowest BCUT2D eigenvalue weighted by molar-refractivity contribution is 0.341. The third kappa shape index (κ3) is 0.667. The zero-order valence-electron chi connectivity index (χ0n) is 4.26. The van der Waals surface area contributed by atoms with Gasteiger partial charge in [0.1, 0.15) is 0 Å². The number of hydrogen-bond acceptors (Lipinski definition) is 3. The summed E-state index contributed by atoms with van der Waals surface area (Å²) in [5.74, 6) is 0. The molecule has 1 aliphatic heterocycles. The van der Waals surface area contributed by atoms with E-state index in [0.29, 0.717) is 0 Å². The van der Waals surface area contributed by atoms with E-state index in [4.69, 9.17) is 5.73 Å². The van der Waals surface area contributed by atoms with Crippen molar-refractivity contribution in [3.05, 3.63) is 12.4 Å². The van der Waals surface area contributed by atoms with Gasteiger partial charge in [-0.25, -0.2) is 0 Å². The van der Waals surface area contributed by atoms with Crippen LogP contribution >= 0.6 is 0 Å². The maximum absolute atomic E-state index is 5.43. The van der Waals surface area contributed by atoms with E-state index in [2.05, 4.69) is 5.32 Å². The molecule has 0 spiro atoms. The van der Waals surface area contributed by atoms with Gasteiger partial charge in [0.25, 0.3) is 0 Å². The van der Waals surface area contributed by atoms with E-state index in [1.807, 2.05) is 24.3 Å². The van der Waals surface area contributed by atoms with Crippen LogP contribution in [0.2, 0.25) is 0 Å². The van der Waals surface area contributed by atoms with Gasteiger partial charge in [0.05, 0.1) is 0 Å². The van der Waals surface area contributed by atoms with Crippen molar-refractivity contribution in [1.29, 1.82) is 0 Å². The molecule has 0 saturated heterocycles. The number of rotatable bonds is 0. The van der Waals surface area contributed by atoms with Gasteiger partial charge < -0.3 is 10.2 Å². The van der Waals surface area contributed by atoms with E-state index in [0.717, 1.165) is 0 Å². The molecule has 0 aromatic carbocycles. The lowest BCUT2D eigenvalue weighted by atomic mass is 10.8. The van der Waals surface area contributed by atoms with Crippen LogP contribution in [0.25, 0.3) is 0 Å². The summed E-state index contributed by atoms with van der Waals surface area (Å²) in [6, 6.07) is 0. The number of nitrogens with one attached hydrogen (secondary N) is 1. The third-order valence-electron chi connectivity index (χ3n) is 1.02. The van der Waals surface area contributed by atoms with Crippen molar-refractivity contribution in [3.8, 4) is 0 Å². The molecular weight excluding hydrogens is 90.1 g/mol. The summed E-state index contributed by atoms with van der Waals surface area (Å²) in [4.78, 5) is 1.89. The van der Waals surface area contributed by atoms with Gasteiger partial charge in [0, 0.05) is 19.4 Å². The van der Waals surface area contributed by atoms with E-state index < -0.39 is 0 Å². The summed E-state index contributed by atoms with van der Waals surface area (Å²) in [5.41, 5.74) is 5.43. The van der Waals surface area contributed by atoms with Crippen LogP contribution in [0.1, 0.15) is 0 Å². The summed E-state index contributed by atoms with van der Waals surface area (Å²) in [6.07, 6.45) is 3.70. The molecule has 0 amide bonds. The zero-order valence-corrected chi connectivity index (χ0v) is 4.26. The molecule has 0 bridgehead atoms. The molecule has 3 heteroatoms. The van der Waals surface area contributed by atoms with Crippen molar-refractivity contribution in [2.24, 2.45) is 5.73 Å². The first kappa shape index (κ1) is 4.46. The Balaban J connectivity index is 2.45. The smallest absolute Gasteiger partial charge is 0.151 e. The van der Waals surface area contributed by atoms with E-state index in [9.17, 15) is 0 Å². The van der Waals surface area contributed by atoms with Crippen LogP contribution in [0, 0.1) is 0 Å². The molecule has 3 N–H and O–H groups in total. The van der Waals surface area contributed by atoms with Crippen molar-refractivity contribution in [2.45, 2.75) is 6.29 Å². The van der Waals surface area contributed by atoms with Crippen molar-refractivity contribution in [1.82, 2.24) is 10.2 Å². The second kappa shape index (κ2) is 1.42. The molecule has 1 aliphatic rings. The fraction of sp³-hybridized carbons (Fsp3) is 0.500. The molecule has 0 fully saturated rings. The van der Waals surface area contributed by atoms with Crippen molar-refractivity contribution in [2.75, 3.05) is 7.05 Å². The van der Waals surface area contributed by atoms with E-state index in [1.54, 1.807) is 0 Å². The Morgan fingerprint density at radius 1 is 1.86 bits per heavy atom. The van der Waals surface area contributed by atoms with Crippen LogP contribution in [-0.4, -0.2) is 18.2 Å². The predicted molar refractivity (Wildman–Crippen MR) is 28.0 cm³/mol. The molecule has 0 saturated carbocycles. The van der Waals surface area contributed by atoms with Crippen LogP contribution in [0.3, 0.4) is 0 Å². The average molecular weight is 99.1 g/mol. The minimum Gasteiger partial charge on any atom is -0.358 e. The van der Waals surface area contributed by atoms with Gasteiger partial charge in [-0.15, -0.1) is 0 Å². The Morgan fingerprint density at radius 2 is 2.57 bits per heavy atom. The van der Waals surface area contributed by atoms with Crippen LogP contribution < -0.4 is 11.1 Å². The van der Waals surface area contributed by atoms with Gasteiger partial charge >= 0.3 is 0 Å². The Bertz CT molecular complexity index is 88.9.